The van der Waals surface area contributed by atoms with Gasteiger partial charge in [0.25, 0.3) is 5.56 Å². The lowest BCUT2D eigenvalue weighted by molar-refractivity contribution is -0.116. The van der Waals surface area contributed by atoms with Crippen LogP contribution in [-0.4, -0.2) is 48.4 Å². The quantitative estimate of drug-likeness (QED) is 0.571. The van der Waals surface area contributed by atoms with Gasteiger partial charge in [-0.1, -0.05) is 12.8 Å². The van der Waals surface area contributed by atoms with Crippen LogP contribution in [0.25, 0.3) is 10.9 Å². The molecule has 0 aliphatic carbocycles. The Morgan fingerprint density at radius 2 is 1.85 bits per heavy atom. The summed E-state index contributed by atoms with van der Waals surface area (Å²) in [6.07, 6.45) is 4.77. The van der Waals surface area contributed by atoms with Crippen molar-refractivity contribution in [3.8, 4) is 5.75 Å². The molecule has 0 radical (unpaired) electrons. The SMILES string of the molecule is COc1ccc(S(=O)(=O)N2CCCCCC2)cc1NC(=O)Cn1cnc2cc(F)ccc2c1=O. The van der Waals surface area contributed by atoms with E-state index in [2.05, 4.69) is 10.3 Å². The van der Waals surface area contributed by atoms with Crippen molar-refractivity contribution in [1.82, 2.24) is 13.9 Å². The van der Waals surface area contributed by atoms with Crippen molar-refractivity contribution in [2.45, 2.75) is 37.1 Å². The molecule has 0 spiro atoms. The van der Waals surface area contributed by atoms with E-state index >= 15 is 0 Å². The number of hydrogen-bond donors (Lipinski definition) is 1. The van der Waals surface area contributed by atoms with Crippen LogP contribution in [0, 0.1) is 5.82 Å². The average molecular weight is 489 g/mol. The highest BCUT2D eigenvalue weighted by Gasteiger charge is 2.26. The van der Waals surface area contributed by atoms with Gasteiger partial charge in [-0.05, 0) is 43.2 Å². The van der Waals surface area contributed by atoms with Crippen LogP contribution in [0.4, 0.5) is 10.1 Å². The van der Waals surface area contributed by atoms with Gasteiger partial charge >= 0.3 is 0 Å². The van der Waals surface area contributed by atoms with E-state index in [0.29, 0.717) is 13.1 Å². The van der Waals surface area contributed by atoms with Gasteiger partial charge in [0.15, 0.2) is 0 Å². The van der Waals surface area contributed by atoms with Crippen LogP contribution in [0.1, 0.15) is 25.7 Å². The standard InChI is InChI=1S/C23H25FN4O5S/c1-33-21-9-7-17(34(31,32)28-10-4-2-3-5-11-28)13-20(21)26-22(29)14-27-15-25-19-12-16(24)6-8-18(19)23(27)30/h6-9,12-13,15H,2-5,10-11,14H2,1H3,(H,26,29). The van der Waals surface area contributed by atoms with E-state index in [0.717, 1.165) is 42.4 Å². The number of aromatic nitrogens is 2. The van der Waals surface area contributed by atoms with Gasteiger partial charge in [0.2, 0.25) is 15.9 Å². The van der Waals surface area contributed by atoms with Gasteiger partial charge in [-0.3, -0.25) is 14.2 Å². The van der Waals surface area contributed by atoms with Gasteiger partial charge in [0.05, 0.1) is 34.9 Å². The van der Waals surface area contributed by atoms with Crippen LogP contribution in [0.2, 0.25) is 0 Å². The van der Waals surface area contributed by atoms with Gasteiger partial charge in [0.1, 0.15) is 18.1 Å². The van der Waals surface area contributed by atoms with E-state index < -0.39 is 27.3 Å². The summed E-state index contributed by atoms with van der Waals surface area (Å²) in [6.45, 7) is 0.543. The lowest BCUT2D eigenvalue weighted by Crippen LogP contribution is -2.32. The Balaban J connectivity index is 1.58. The number of methoxy groups -OCH3 is 1. The van der Waals surface area contributed by atoms with Gasteiger partial charge in [-0.25, -0.2) is 17.8 Å². The fourth-order valence-electron chi connectivity index (χ4n) is 3.96. The van der Waals surface area contributed by atoms with Crippen molar-refractivity contribution < 1.29 is 22.3 Å². The highest BCUT2D eigenvalue weighted by molar-refractivity contribution is 7.89. The predicted molar refractivity (Wildman–Crippen MR) is 125 cm³/mol. The predicted octanol–water partition coefficient (Wildman–Crippen LogP) is 2.75. The molecule has 1 fully saturated rings. The van der Waals surface area contributed by atoms with Crippen LogP contribution in [0.3, 0.4) is 0 Å². The summed E-state index contributed by atoms with van der Waals surface area (Å²) in [4.78, 5) is 29.5. The average Bonchev–Trinajstić information content (AvgIpc) is 3.11. The molecule has 1 aliphatic heterocycles. The third-order valence-corrected chi connectivity index (χ3v) is 7.64. The summed E-state index contributed by atoms with van der Waals surface area (Å²) in [5, 5.41) is 2.81. The van der Waals surface area contributed by atoms with E-state index in [4.69, 9.17) is 4.74 Å². The summed E-state index contributed by atoms with van der Waals surface area (Å²) in [7, 11) is -2.32. The molecular formula is C23H25FN4O5S. The lowest BCUT2D eigenvalue weighted by atomic mass is 10.2. The Hall–Kier alpha value is -3.31. The van der Waals surface area contributed by atoms with Crippen LogP contribution < -0.4 is 15.6 Å². The summed E-state index contributed by atoms with van der Waals surface area (Å²) in [5.74, 6) is -0.812. The number of nitrogens with zero attached hydrogens (tertiary/aromatic N) is 3. The highest BCUT2D eigenvalue weighted by atomic mass is 32.2. The first-order valence-electron chi connectivity index (χ1n) is 10.9. The maximum absolute atomic E-state index is 13.4. The van der Waals surface area contributed by atoms with Crippen LogP contribution >= 0.6 is 0 Å². The minimum atomic E-state index is -3.73. The number of anilines is 1. The molecule has 1 amide bonds. The van der Waals surface area contributed by atoms with E-state index in [1.807, 2.05) is 0 Å². The van der Waals surface area contributed by atoms with E-state index in [9.17, 15) is 22.4 Å². The molecule has 9 nitrogen and oxygen atoms in total. The number of nitrogens with one attached hydrogen (secondary N) is 1. The Morgan fingerprint density at radius 1 is 1.12 bits per heavy atom. The molecule has 11 heteroatoms. The molecule has 0 unspecified atom stereocenters. The summed E-state index contributed by atoms with van der Waals surface area (Å²) >= 11 is 0. The summed E-state index contributed by atoms with van der Waals surface area (Å²) in [5.41, 5.74) is -0.133. The number of halogens is 1. The second-order valence-electron chi connectivity index (χ2n) is 8.07. The zero-order chi connectivity index (χ0) is 24.3. The lowest BCUT2D eigenvalue weighted by Gasteiger charge is -2.21. The van der Waals surface area contributed by atoms with Gasteiger partial charge < -0.3 is 10.1 Å². The molecule has 34 heavy (non-hydrogen) atoms. The first-order chi connectivity index (χ1) is 16.3. The second kappa shape index (κ2) is 9.90. The molecule has 1 aliphatic rings. The molecule has 1 saturated heterocycles. The number of benzene rings is 2. The molecule has 0 atom stereocenters. The Labute approximate surface area is 196 Å². The van der Waals surface area contributed by atoms with Crippen LogP contribution in [0.5, 0.6) is 5.75 Å². The Bertz CT molecular complexity index is 1380. The Morgan fingerprint density at radius 3 is 2.56 bits per heavy atom. The minimum absolute atomic E-state index is 0.0528. The van der Waals surface area contributed by atoms with Crippen LogP contribution in [0.15, 0.2) is 52.4 Å². The molecule has 0 bridgehead atoms. The van der Waals surface area contributed by atoms with Crippen molar-refractivity contribution in [3.63, 3.8) is 0 Å². The maximum atomic E-state index is 13.4. The first kappa shape index (κ1) is 23.8. The molecule has 3 aromatic rings. The maximum Gasteiger partial charge on any atom is 0.261 e. The van der Waals surface area contributed by atoms with E-state index in [-0.39, 0.29) is 33.8 Å². The molecule has 1 N–H and O–H groups in total. The number of carbonyl (C=O) groups excluding carboxylic acids is 1. The third-order valence-electron chi connectivity index (χ3n) is 5.75. The fraction of sp³-hybridized carbons (Fsp3) is 0.348. The number of amides is 1. The van der Waals surface area contributed by atoms with Crippen molar-refractivity contribution >= 4 is 32.5 Å². The van der Waals surface area contributed by atoms with Crippen LogP contribution in [-0.2, 0) is 21.4 Å². The largest absolute Gasteiger partial charge is 0.495 e. The monoisotopic (exact) mass is 488 g/mol. The van der Waals surface area contributed by atoms with E-state index in [1.165, 1.54) is 42.0 Å². The third kappa shape index (κ3) is 4.95. The normalized spacial score (nSPS) is 15.1. The highest BCUT2D eigenvalue weighted by Crippen LogP contribution is 2.30. The minimum Gasteiger partial charge on any atom is -0.495 e. The summed E-state index contributed by atoms with van der Waals surface area (Å²) in [6, 6.07) is 7.90. The molecule has 180 valence electrons. The first-order valence-corrected chi connectivity index (χ1v) is 12.4. The number of rotatable bonds is 6. The van der Waals surface area contributed by atoms with Crippen molar-refractivity contribution in [2.24, 2.45) is 0 Å². The van der Waals surface area contributed by atoms with Crippen molar-refractivity contribution in [3.05, 3.63) is 58.9 Å². The molecule has 2 heterocycles. The Kier molecular flexibility index (Phi) is 6.94. The molecular weight excluding hydrogens is 463 g/mol. The summed E-state index contributed by atoms with van der Waals surface area (Å²) < 4.78 is 47.5. The molecule has 1 aromatic heterocycles. The zero-order valence-electron chi connectivity index (χ0n) is 18.7. The smallest absolute Gasteiger partial charge is 0.261 e. The second-order valence-corrected chi connectivity index (χ2v) is 10.0. The fourth-order valence-corrected chi connectivity index (χ4v) is 5.51. The van der Waals surface area contributed by atoms with Crippen molar-refractivity contribution in [1.29, 1.82) is 0 Å². The number of carbonyl (C=O) groups is 1. The molecule has 4 rings (SSSR count). The molecule has 2 aromatic carbocycles. The zero-order valence-corrected chi connectivity index (χ0v) is 19.5. The van der Waals surface area contributed by atoms with Crippen molar-refractivity contribution in [2.75, 3.05) is 25.5 Å². The number of fused-ring (bicyclic) bond motifs is 1. The number of sulfonamides is 1. The van der Waals surface area contributed by atoms with E-state index in [1.54, 1.807) is 0 Å². The van der Waals surface area contributed by atoms with Gasteiger partial charge in [-0.15, -0.1) is 0 Å². The van der Waals surface area contributed by atoms with Gasteiger partial charge in [0, 0.05) is 19.2 Å². The number of ether oxygens (including phenoxy) is 1. The topological polar surface area (TPSA) is 111 Å². The molecule has 0 saturated carbocycles. The van der Waals surface area contributed by atoms with Gasteiger partial charge in [-0.2, -0.15) is 4.31 Å². The number of hydrogen-bond acceptors (Lipinski definition) is 6.